The van der Waals surface area contributed by atoms with Crippen LogP contribution in [0.4, 0.5) is 0 Å². The van der Waals surface area contributed by atoms with Crippen molar-refractivity contribution >= 4 is 27.3 Å². The molecule has 2 aromatic rings. The van der Waals surface area contributed by atoms with E-state index in [9.17, 15) is 5.11 Å². The number of thiophene rings is 1. The molecule has 3 heteroatoms. The predicted octanol–water partition coefficient (Wildman–Crippen LogP) is 4.40. The quantitative estimate of drug-likeness (QED) is 0.890. The average molecular weight is 311 g/mol. The number of aliphatic hydroxyl groups is 1. The van der Waals surface area contributed by atoms with Crippen LogP contribution in [0.15, 0.2) is 34.1 Å². The zero-order valence-corrected chi connectivity index (χ0v) is 12.3. The zero-order chi connectivity index (χ0) is 12.4. The van der Waals surface area contributed by atoms with Crippen LogP contribution >= 0.6 is 27.3 Å². The Morgan fingerprint density at radius 1 is 1.18 bits per heavy atom. The lowest BCUT2D eigenvalue weighted by Gasteiger charge is -2.10. The van der Waals surface area contributed by atoms with E-state index in [1.165, 1.54) is 16.7 Å². The molecule has 1 heterocycles. The lowest BCUT2D eigenvalue weighted by molar-refractivity contribution is 0.182. The first-order valence-electron chi connectivity index (χ1n) is 5.55. The predicted molar refractivity (Wildman–Crippen MR) is 76.6 cm³/mol. The topological polar surface area (TPSA) is 20.2 Å². The maximum Gasteiger partial charge on any atom is 0.0922 e. The lowest BCUT2D eigenvalue weighted by atomic mass is 10.0. The van der Waals surface area contributed by atoms with Gasteiger partial charge in [0.15, 0.2) is 0 Å². The van der Waals surface area contributed by atoms with Crippen LogP contribution < -0.4 is 0 Å². The van der Waals surface area contributed by atoms with Gasteiger partial charge in [0.25, 0.3) is 0 Å². The fourth-order valence-corrected chi connectivity index (χ4v) is 3.43. The van der Waals surface area contributed by atoms with E-state index in [2.05, 4.69) is 48.0 Å². The molecule has 1 unspecified atom stereocenters. The molecular weight excluding hydrogens is 296 g/mol. The molecule has 0 aliphatic carbocycles. The van der Waals surface area contributed by atoms with Gasteiger partial charge in [0.2, 0.25) is 0 Å². The fraction of sp³-hybridized carbons (Fsp3) is 0.286. The first kappa shape index (κ1) is 12.8. The van der Waals surface area contributed by atoms with E-state index in [1.54, 1.807) is 11.3 Å². The van der Waals surface area contributed by atoms with Crippen molar-refractivity contribution in [1.29, 1.82) is 0 Å². The molecule has 0 radical (unpaired) electrons. The molecule has 0 aliphatic rings. The highest BCUT2D eigenvalue weighted by atomic mass is 79.9. The van der Waals surface area contributed by atoms with E-state index in [0.29, 0.717) is 6.42 Å². The van der Waals surface area contributed by atoms with Crippen LogP contribution in [0.25, 0.3) is 0 Å². The minimum Gasteiger partial charge on any atom is -0.387 e. The van der Waals surface area contributed by atoms with Crippen LogP contribution in [-0.4, -0.2) is 5.11 Å². The normalized spacial score (nSPS) is 12.7. The number of hydrogen-bond donors (Lipinski definition) is 1. The van der Waals surface area contributed by atoms with Crippen molar-refractivity contribution in [2.45, 2.75) is 26.4 Å². The summed E-state index contributed by atoms with van der Waals surface area (Å²) in [7, 11) is 0. The van der Waals surface area contributed by atoms with Gasteiger partial charge >= 0.3 is 0 Å². The Kier molecular flexibility index (Phi) is 4.02. The van der Waals surface area contributed by atoms with Crippen molar-refractivity contribution in [2.75, 3.05) is 0 Å². The third-order valence-corrected chi connectivity index (χ3v) is 4.36. The second-order valence-corrected chi connectivity index (χ2v) is 6.85. The molecule has 1 nitrogen and oxygen atoms in total. The highest BCUT2D eigenvalue weighted by molar-refractivity contribution is 9.11. The van der Waals surface area contributed by atoms with E-state index in [0.717, 1.165) is 8.66 Å². The molecule has 1 aromatic heterocycles. The molecule has 0 amide bonds. The standard InChI is InChI=1S/C14H15BrOS/c1-9-5-10(2)7-11(6-9)8-12(16)13-3-4-14(15)17-13/h3-7,12,16H,8H2,1-2H3. The van der Waals surface area contributed by atoms with E-state index >= 15 is 0 Å². The summed E-state index contributed by atoms with van der Waals surface area (Å²) < 4.78 is 1.06. The summed E-state index contributed by atoms with van der Waals surface area (Å²) >= 11 is 5.01. The van der Waals surface area contributed by atoms with Crippen molar-refractivity contribution in [3.05, 3.63) is 55.7 Å². The summed E-state index contributed by atoms with van der Waals surface area (Å²) in [6.45, 7) is 4.18. The molecule has 0 aliphatic heterocycles. The van der Waals surface area contributed by atoms with Gasteiger partial charge in [0.05, 0.1) is 9.89 Å². The number of halogens is 1. The summed E-state index contributed by atoms with van der Waals surface area (Å²) in [6.07, 6.45) is 0.266. The zero-order valence-electron chi connectivity index (χ0n) is 9.90. The minimum absolute atomic E-state index is 0.410. The molecule has 2 rings (SSSR count). The number of aliphatic hydroxyl groups excluding tert-OH is 1. The molecule has 0 bridgehead atoms. The highest BCUT2D eigenvalue weighted by Crippen LogP contribution is 2.29. The molecule has 0 saturated heterocycles. The summed E-state index contributed by atoms with van der Waals surface area (Å²) in [5, 5.41) is 10.2. The molecule has 90 valence electrons. The monoisotopic (exact) mass is 310 g/mol. The Labute approximate surface area is 114 Å². The van der Waals surface area contributed by atoms with E-state index in [4.69, 9.17) is 0 Å². The van der Waals surface area contributed by atoms with E-state index in [-0.39, 0.29) is 0 Å². The molecule has 0 saturated carbocycles. The maximum atomic E-state index is 10.2. The number of rotatable bonds is 3. The van der Waals surface area contributed by atoms with E-state index < -0.39 is 6.10 Å². The summed E-state index contributed by atoms with van der Waals surface area (Å²) in [6, 6.07) is 10.4. The van der Waals surface area contributed by atoms with Crippen LogP contribution in [0.5, 0.6) is 0 Å². The Bertz CT molecular complexity index is 498. The second-order valence-electron chi connectivity index (χ2n) is 4.36. The van der Waals surface area contributed by atoms with Gasteiger partial charge in [-0.2, -0.15) is 0 Å². The van der Waals surface area contributed by atoms with E-state index in [1.807, 2.05) is 12.1 Å². The number of hydrogen-bond acceptors (Lipinski definition) is 2. The number of aryl methyl sites for hydroxylation is 2. The first-order chi connectivity index (χ1) is 8.04. The Balaban J connectivity index is 2.15. The van der Waals surface area contributed by atoms with Gasteiger partial charge in [-0.1, -0.05) is 29.3 Å². The van der Waals surface area contributed by atoms with Crippen LogP contribution in [0.1, 0.15) is 27.7 Å². The van der Waals surface area contributed by atoms with Crippen molar-refractivity contribution in [1.82, 2.24) is 0 Å². The third-order valence-electron chi connectivity index (χ3n) is 2.63. The van der Waals surface area contributed by atoms with Crippen LogP contribution in [-0.2, 0) is 6.42 Å². The second kappa shape index (κ2) is 5.34. The first-order valence-corrected chi connectivity index (χ1v) is 7.16. The molecule has 0 fully saturated rings. The van der Waals surface area contributed by atoms with Gasteiger partial charge in [-0.15, -0.1) is 11.3 Å². The van der Waals surface area contributed by atoms with Gasteiger partial charge in [0, 0.05) is 11.3 Å². The SMILES string of the molecule is Cc1cc(C)cc(CC(O)c2ccc(Br)s2)c1. The minimum atomic E-state index is -0.410. The molecule has 1 N–H and O–H groups in total. The van der Waals surface area contributed by atoms with Crippen molar-refractivity contribution in [3.63, 3.8) is 0 Å². The molecule has 0 spiro atoms. The van der Waals surface area contributed by atoms with Gasteiger partial charge in [-0.3, -0.25) is 0 Å². The van der Waals surface area contributed by atoms with Gasteiger partial charge in [-0.05, 0) is 47.5 Å². The number of benzene rings is 1. The summed E-state index contributed by atoms with van der Waals surface area (Å²) in [5.74, 6) is 0. The molecule has 1 aromatic carbocycles. The van der Waals surface area contributed by atoms with Gasteiger partial charge in [-0.25, -0.2) is 0 Å². The third kappa shape index (κ3) is 3.41. The molecule has 1 atom stereocenters. The molecule has 17 heavy (non-hydrogen) atoms. The Morgan fingerprint density at radius 2 is 1.82 bits per heavy atom. The van der Waals surface area contributed by atoms with Crippen molar-refractivity contribution in [2.24, 2.45) is 0 Å². The Hall–Kier alpha value is -0.640. The fourth-order valence-electron chi connectivity index (χ4n) is 2.02. The van der Waals surface area contributed by atoms with Crippen LogP contribution in [0.3, 0.4) is 0 Å². The highest BCUT2D eigenvalue weighted by Gasteiger charge is 2.11. The summed E-state index contributed by atoms with van der Waals surface area (Å²) in [5.41, 5.74) is 3.69. The summed E-state index contributed by atoms with van der Waals surface area (Å²) in [4.78, 5) is 1.01. The van der Waals surface area contributed by atoms with Gasteiger partial charge < -0.3 is 5.11 Å². The largest absolute Gasteiger partial charge is 0.387 e. The van der Waals surface area contributed by atoms with Crippen LogP contribution in [0.2, 0.25) is 0 Å². The van der Waals surface area contributed by atoms with Crippen molar-refractivity contribution in [3.8, 4) is 0 Å². The van der Waals surface area contributed by atoms with Crippen LogP contribution in [0, 0.1) is 13.8 Å². The average Bonchev–Trinajstić information content (AvgIpc) is 2.63. The Morgan fingerprint density at radius 3 is 2.35 bits per heavy atom. The van der Waals surface area contributed by atoms with Gasteiger partial charge in [0.1, 0.15) is 0 Å². The smallest absolute Gasteiger partial charge is 0.0922 e. The maximum absolute atomic E-state index is 10.2. The van der Waals surface area contributed by atoms with Crippen molar-refractivity contribution < 1.29 is 5.11 Å². The molecular formula is C14H15BrOS. The lowest BCUT2D eigenvalue weighted by Crippen LogP contribution is -2.00.